The number of carbonyl (C=O) groups is 1. The molecule has 0 unspecified atom stereocenters. The Bertz CT molecular complexity index is 2200. The van der Waals surface area contributed by atoms with Crippen LogP contribution >= 0.6 is 0 Å². The predicted molar refractivity (Wildman–Crippen MR) is 163 cm³/mol. The normalized spacial score (nSPS) is 11.8. The number of aromatic nitrogens is 2. The van der Waals surface area contributed by atoms with Crippen LogP contribution in [0.25, 0.3) is 27.9 Å². The van der Waals surface area contributed by atoms with Gasteiger partial charge in [0.25, 0.3) is 20.0 Å². The van der Waals surface area contributed by atoms with E-state index in [-0.39, 0.29) is 9.79 Å². The zero-order chi connectivity index (χ0) is 30.6. The van der Waals surface area contributed by atoms with E-state index in [1.165, 1.54) is 38.5 Å². The summed E-state index contributed by atoms with van der Waals surface area (Å²) in [6.07, 6.45) is 5.83. The highest BCUT2D eigenvalue weighted by molar-refractivity contribution is 7.90. The number of fused-ring (bicyclic) bond motifs is 2. The van der Waals surface area contributed by atoms with Gasteiger partial charge in [0.1, 0.15) is 0 Å². The second-order valence-corrected chi connectivity index (χ2v) is 12.8. The first kappa shape index (κ1) is 29.2. The van der Waals surface area contributed by atoms with E-state index in [0.717, 1.165) is 12.5 Å². The van der Waals surface area contributed by atoms with Crippen LogP contribution in [0.2, 0.25) is 0 Å². The van der Waals surface area contributed by atoms with Crippen molar-refractivity contribution in [1.82, 2.24) is 7.94 Å². The molecule has 0 atom stereocenters. The van der Waals surface area contributed by atoms with Crippen molar-refractivity contribution in [3.8, 4) is 0 Å². The van der Waals surface area contributed by atoms with Crippen LogP contribution in [0.3, 0.4) is 0 Å². The quantitative estimate of drug-likeness (QED) is 0.126. The number of carbonyl (C=O) groups excluding carboxylic acids is 1. The molecule has 0 saturated carbocycles. The highest BCUT2D eigenvalue weighted by Gasteiger charge is 2.20. The lowest BCUT2D eigenvalue weighted by Gasteiger charge is -2.07. The van der Waals surface area contributed by atoms with E-state index in [9.17, 15) is 31.7 Å². The molecule has 0 saturated heterocycles. The fourth-order valence-electron chi connectivity index (χ4n) is 4.55. The Morgan fingerprint density at radius 2 is 1.02 bits per heavy atom. The molecule has 2 aromatic heterocycles. The van der Waals surface area contributed by atoms with Crippen molar-refractivity contribution in [3.63, 3.8) is 0 Å². The second-order valence-electron chi connectivity index (χ2n) is 9.14. The molecule has 216 valence electrons. The van der Waals surface area contributed by atoms with Crippen molar-refractivity contribution in [1.29, 1.82) is 0 Å². The Balaban J connectivity index is 0.000000173. The standard InChI is InChI=1S/C16H12N2O4S.C15H11NO3S/c19-18(20)12-9-13-5-4-8-16-15(13)10-11-17(16)23(21,22)14-6-2-1-3-7-14;17-11-12-5-4-8-15-14(12)9-10-16(15)20(18,19)13-6-2-1-3-7-13/h1-12H;1-11H/b12-9+;. The van der Waals surface area contributed by atoms with Crippen molar-refractivity contribution in [3.05, 3.63) is 149 Å². The van der Waals surface area contributed by atoms with Gasteiger partial charge in [0, 0.05) is 34.8 Å². The van der Waals surface area contributed by atoms with Crippen molar-refractivity contribution in [2.24, 2.45) is 0 Å². The largest absolute Gasteiger partial charge is 0.298 e. The molecule has 4 aromatic carbocycles. The van der Waals surface area contributed by atoms with Gasteiger partial charge in [-0.25, -0.2) is 24.8 Å². The number of rotatable bonds is 7. The van der Waals surface area contributed by atoms with Gasteiger partial charge in [-0.15, -0.1) is 0 Å². The van der Waals surface area contributed by atoms with E-state index in [0.29, 0.717) is 32.9 Å². The maximum absolute atomic E-state index is 12.7. The molecule has 0 aliphatic carbocycles. The summed E-state index contributed by atoms with van der Waals surface area (Å²) < 4.78 is 53.0. The minimum Gasteiger partial charge on any atom is -0.298 e. The van der Waals surface area contributed by atoms with Gasteiger partial charge in [0.2, 0.25) is 6.20 Å². The van der Waals surface area contributed by atoms with Crippen LogP contribution < -0.4 is 0 Å². The Kier molecular flexibility index (Phi) is 8.06. The van der Waals surface area contributed by atoms with E-state index in [4.69, 9.17) is 0 Å². The van der Waals surface area contributed by atoms with Gasteiger partial charge in [-0.2, -0.15) is 0 Å². The zero-order valence-electron chi connectivity index (χ0n) is 22.3. The van der Waals surface area contributed by atoms with Crippen LogP contribution in [-0.4, -0.2) is 36.0 Å². The van der Waals surface area contributed by atoms with Gasteiger partial charge in [0.05, 0.1) is 25.7 Å². The molecule has 0 aliphatic rings. The summed E-state index contributed by atoms with van der Waals surface area (Å²) in [5.74, 6) is 0. The Morgan fingerprint density at radius 3 is 1.47 bits per heavy atom. The van der Waals surface area contributed by atoms with E-state index >= 15 is 0 Å². The first-order valence-electron chi connectivity index (χ1n) is 12.7. The minimum atomic E-state index is -3.71. The monoisotopic (exact) mass is 613 g/mol. The number of hydrogen-bond acceptors (Lipinski definition) is 7. The first-order valence-corrected chi connectivity index (χ1v) is 15.6. The molecular formula is C31H23N3O7S2. The molecular weight excluding hydrogens is 590 g/mol. The SMILES string of the molecule is O=Cc1cccc2c1ccn2S(=O)(=O)c1ccccc1.O=[N+]([O-])/C=C/c1cccc2c1ccn2S(=O)(=O)c1ccccc1. The highest BCUT2D eigenvalue weighted by atomic mass is 32.2. The number of hydrogen-bond donors (Lipinski definition) is 0. The van der Waals surface area contributed by atoms with Gasteiger partial charge >= 0.3 is 0 Å². The maximum atomic E-state index is 12.7. The van der Waals surface area contributed by atoms with Crippen molar-refractivity contribution in [2.75, 3.05) is 0 Å². The molecule has 6 rings (SSSR count). The number of nitro groups is 1. The van der Waals surface area contributed by atoms with Crippen LogP contribution in [0.15, 0.2) is 138 Å². The third-order valence-electron chi connectivity index (χ3n) is 6.56. The van der Waals surface area contributed by atoms with Crippen molar-refractivity contribution in [2.45, 2.75) is 9.79 Å². The number of benzene rings is 4. The molecule has 0 aliphatic heterocycles. The molecule has 0 fully saturated rings. The summed E-state index contributed by atoms with van der Waals surface area (Å²) in [5, 5.41) is 11.7. The molecule has 0 N–H and O–H groups in total. The summed E-state index contributed by atoms with van der Waals surface area (Å²) in [5.41, 5.74) is 2.03. The molecule has 0 spiro atoms. The minimum absolute atomic E-state index is 0.184. The van der Waals surface area contributed by atoms with Crippen LogP contribution in [0.5, 0.6) is 0 Å². The average Bonchev–Trinajstić information content (AvgIpc) is 3.67. The van der Waals surface area contributed by atoms with Gasteiger partial charge in [-0.1, -0.05) is 60.7 Å². The van der Waals surface area contributed by atoms with E-state index < -0.39 is 25.0 Å². The van der Waals surface area contributed by atoms with Gasteiger partial charge in [-0.05, 0) is 54.1 Å². The molecule has 10 nitrogen and oxygen atoms in total. The summed E-state index contributed by atoms with van der Waals surface area (Å²) in [7, 11) is -7.36. The molecule has 0 amide bonds. The second kappa shape index (κ2) is 11.9. The van der Waals surface area contributed by atoms with E-state index in [1.54, 1.807) is 97.1 Å². The van der Waals surface area contributed by atoms with Gasteiger partial charge in [-0.3, -0.25) is 14.9 Å². The number of aldehydes is 1. The Labute approximate surface area is 247 Å². The van der Waals surface area contributed by atoms with Crippen LogP contribution in [-0.2, 0) is 20.0 Å². The third-order valence-corrected chi connectivity index (χ3v) is 9.97. The lowest BCUT2D eigenvalue weighted by Crippen LogP contribution is -2.11. The molecule has 43 heavy (non-hydrogen) atoms. The summed E-state index contributed by atoms with van der Waals surface area (Å²) in [4.78, 5) is 21.3. The smallest absolute Gasteiger partial charge is 0.268 e. The topological polar surface area (TPSA) is 138 Å². The number of nitrogens with zero attached hydrogens (tertiary/aromatic N) is 3. The fourth-order valence-corrected chi connectivity index (χ4v) is 7.29. The van der Waals surface area contributed by atoms with Gasteiger partial charge < -0.3 is 0 Å². The predicted octanol–water partition coefficient (Wildman–Crippen LogP) is 5.82. The van der Waals surface area contributed by atoms with Gasteiger partial charge in [0.15, 0.2) is 6.29 Å². The fraction of sp³-hybridized carbons (Fsp3) is 0. The summed E-state index contributed by atoms with van der Waals surface area (Å²) in [6, 6.07) is 29.6. The lowest BCUT2D eigenvalue weighted by atomic mass is 10.1. The van der Waals surface area contributed by atoms with E-state index in [1.807, 2.05) is 0 Å². The molecule has 0 bridgehead atoms. The third kappa shape index (κ3) is 5.73. The average molecular weight is 614 g/mol. The summed E-state index contributed by atoms with van der Waals surface area (Å²) in [6.45, 7) is 0. The lowest BCUT2D eigenvalue weighted by molar-refractivity contribution is -0.400. The van der Waals surface area contributed by atoms with Crippen molar-refractivity contribution < 1.29 is 26.6 Å². The molecule has 0 radical (unpaired) electrons. The molecule has 6 aromatic rings. The van der Waals surface area contributed by atoms with Crippen LogP contribution in [0.4, 0.5) is 0 Å². The maximum Gasteiger partial charge on any atom is 0.268 e. The Morgan fingerprint density at radius 1 is 0.581 bits per heavy atom. The first-order chi connectivity index (χ1) is 20.6. The summed E-state index contributed by atoms with van der Waals surface area (Å²) >= 11 is 0. The molecule has 2 heterocycles. The van der Waals surface area contributed by atoms with Crippen LogP contribution in [0, 0.1) is 10.1 Å². The molecule has 12 heteroatoms. The Hall–Kier alpha value is -5.33. The van der Waals surface area contributed by atoms with Crippen molar-refractivity contribution >= 4 is 54.2 Å². The highest BCUT2D eigenvalue weighted by Crippen LogP contribution is 2.26. The van der Waals surface area contributed by atoms with Crippen LogP contribution in [0.1, 0.15) is 15.9 Å². The van der Waals surface area contributed by atoms with E-state index in [2.05, 4.69) is 0 Å². The zero-order valence-corrected chi connectivity index (χ0v) is 23.9.